The van der Waals surface area contributed by atoms with Gasteiger partial charge >= 0.3 is 0 Å². The van der Waals surface area contributed by atoms with E-state index in [0.717, 1.165) is 18.4 Å². The number of ether oxygens (including phenoxy) is 1. The van der Waals surface area contributed by atoms with Crippen LogP contribution in [0, 0.1) is 5.92 Å². The lowest BCUT2D eigenvalue weighted by Gasteiger charge is -2.15. The topological polar surface area (TPSA) is 9.23 Å². The summed E-state index contributed by atoms with van der Waals surface area (Å²) in [6, 6.07) is 3.56. The third-order valence-corrected chi connectivity index (χ3v) is 3.76. The van der Waals surface area contributed by atoms with E-state index in [1.54, 1.807) is 6.07 Å². The normalized spacial score (nSPS) is 12.8. The molecule has 0 aliphatic heterocycles. The number of hydrogen-bond acceptors (Lipinski definition) is 1. The fourth-order valence-corrected chi connectivity index (χ4v) is 2.56. The van der Waals surface area contributed by atoms with Crippen LogP contribution in [0.1, 0.15) is 44.6 Å². The minimum Gasteiger partial charge on any atom is -0.492 e. The number of alkyl halides is 1. The van der Waals surface area contributed by atoms with E-state index in [0.29, 0.717) is 28.3 Å². The molecule has 0 saturated heterocycles. The summed E-state index contributed by atoms with van der Waals surface area (Å²) in [5.41, 5.74) is 0.882. The second-order valence-corrected chi connectivity index (χ2v) is 6.02. The predicted molar refractivity (Wildman–Crippen MR) is 80.3 cm³/mol. The van der Waals surface area contributed by atoms with Gasteiger partial charge < -0.3 is 4.74 Å². The molecule has 4 heteroatoms. The van der Waals surface area contributed by atoms with E-state index >= 15 is 0 Å². The predicted octanol–water partition coefficient (Wildman–Crippen LogP) is 6.11. The summed E-state index contributed by atoms with van der Waals surface area (Å²) < 4.78 is 5.39. The second-order valence-electron chi connectivity index (χ2n) is 4.68. The van der Waals surface area contributed by atoms with Crippen LogP contribution in [0.15, 0.2) is 12.1 Å². The molecule has 0 aliphatic rings. The summed E-state index contributed by atoms with van der Waals surface area (Å²) in [4.78, 5) is 0. The van der Waals surface area contributed by atoms with Crippen molar-refractivity contribution in [1.82, 2.24) is 0 Å². The maximum Gasteiger partial charge on any atom is 0.139 e. The van der Waals surface area contributed by atoms with Crippen LogP contribution in [-0.4, -0.2) is 6.61 Å². The van der Waals surface area contributed by atoms with E-state index < -0.39 is 0 Å². The van der Waals surface area contributed by atoms with Crippen molar-refractivity contribution in [3.05, 3.63) is 27.7 Å². The van der Waals surface area contributed by atoms with Crippen molar-refractivity contribution < 1.29 is 4.74 Å². The first-order chi connectivity index (χ1) is 8.45. The van der Waals surface area contributed by atoms with Crippen molar-refractivity contribution >= 4 is 34.8 Å². The fraction of sp³-hybridized carbons (Fsp3) is 0.571. The van der Waals surface area contributed by atoms with Gasteiger partial charge in [0.05, 0.1) is 17.0 Å². The summed E-state index contributed by atoms with van der Waals surface area (Å²) in [7, 11) is 0. The van der Waals surface area contributed by atoms with Crippen molar-refractivity contribution in [3.63, 3.8) is 0 Å². The van der Waals surface area contributed by atoms with Gasteiger partial charge in [0.25, 0.3) is 0 Å². The van der Waals surface area contributed by atoms with Crippen LogP contribution in [0.4, 0.5) is 0 Å². The molecule has 0 spiro atoms. The zero-order chi connectivity index (χ0) is 13.7. The zero-order valence-electron chi connectivity index (χ0n) is 11.0. The maximum atomic E-state index is 6.37. The largest absolute Gasteiger partial charge is 0.492 e. The van der Waals surface area contributed by atoms with Crippen LogP contribution >= 0.6 is 34.8 Å². The van der Waals surface area contributed by atoms with Gasteiger partial charge in [-0.1, -0.05) is 37.0 Å². The Morgan fingerprint density at radius 1 is 1.11 bits per heavy atom. The first-order valence-electron chi connectivity index (χ1n) is 6.21. The first-order valence-corrected chi connectivity index (χ1v) is 7.40. The molecule has 0 heterocycles. The van der Waals surface area contributed by atoms with Gasteiger partial charge in [0.2, 0.25) is 0 Å². The number of benzene rings is 1. The highest BCUT2D eigenvalue weighted by Crippen LogP contribution is 2.38. The molecule has 0 amide bonds. The molecule has 1 unspecified atom stereocenters. The molecule has 102 valence electrons. The summed E-state index contributed by atoms with van der Waals surface area (Å²) >= 11 is 18.7. The lowest BCUT2D eigenvalue weighted by atomic mass is 10.0. The van der Waals surface area contributed by atoms with Crippen molar-refractivity contribution in [2.75, 3.05) is 6.61 Å². The average molecular weight is 310 g/mol. The molecule has 0 aromatic heterocycles. The molecule has 1 rings (SSSR count). The lowest BCUT2D eigenvalue weighted by molar-refractivity contribution is 0.340. The standard InChI is InChI=1S/C14H19Cl3O/c1-4-18-14-8-12(16)10(7-13(14)17)11(15)6-5-9(2)3/h7-9,11H,4-6H2,1-3H3. The molecule has 1 aromatic rings. The molecular formula is C14H19Cl3O. The molecule has 1 aromatic carbocycles. The SMILES string of the molecule is CCOc1cc(Cl)c(C(Cl)CCC(C)C)cc1Cl. The molecular weight excluding hydrogens is 291 g/mol. The number of rotatable bonds is 6. The van der Waals surface area contributed by atoms with E-state index in [4.69, 9.17) is 39.5 Å². The first kappa shape index (κ1) is 15.9. The van der Waals surface area contributed by atoms with E-state index in [-0.39, 0.29) is 5.38 Å². The molecule has 18 heavy (non-hydrogen) atoms. The summed E-state index contributed by atoms with van der Waals surface area (Å²) in [6.07, 6.45) is 1.96. The molecule has 0 aliphatic carbocycles. The molecule has 0 bridgehead atoms. The zero-order valence-corrected chi connectivity index (χ0v) is 13.2. The number of halogens is 3. The van der Waals surface area contributed by atoms with Gasteiger partial charge in [-0.15, -0.1) is 11.6 Å². The van der Waals surface area contributed by atoms with E-state index in [1.165, 1.54) is 0 Å². The van der Waals surface area contributed by atoms with Crippen LogP contribution in [0.2, 0.25) is 10.0 Å². The average Bonchev–Trinajstić information content (AvgIpc) is 2.30. The summed E-state index contributed by atoms with van der Waals surface area (Å²) in [5, 5.41) is 1.08. The Labute approximate surface area is 124 Å². The number of hydrogen-bond donors (Lipinski definition) is 0. The molecule has 1 atom stereocenters. The van der Waals surface area contributed by atoms with Gasteiger partial charge in [-0.3, -0.25) is 0 Å². The van der Waals surface area contributed by atoms with Crippen LogP contribution in [-0.2, 0) is 0 Å². The highest BCUT2D eigenvalue weighted by molar-refractivity contribution is 6.35. The Morgan fingerprint density at radius 3 is 2.33 bits per heavy atom. The van der Waals surface area contributed by atoms with Crippen LogP contribution in [0.25, 0.3) is 0 Å². The van der Waals surface area contributed by atoms with Crippen molar-refractivity contribution in [3.8, 4) is 5.75 Å². The molecule has 0 radical (unpaired) electrons. The van der Waals surface area contributed by atoms with Gasteiger partial charge in [0.1, 0.15) is 5.75 Å². The minimum absolute atomic E-state index is 0.104. The van der Waals surface area contributed by atoms with Crippen molar-refractivity contribution in [1.29, 1.82) is 0 Å². The lowest BCUT2D eigenvalue weighted by Crippen LogP contribution is -1.98. The van der Waals surface area contributed by atoms with Gasteiger partial charge in [0, 0.05) is 11.1 Å². The van der Waals surface area contributed by atoms with E-state index in [9.17, 15) is 0 Å². The van der Waals surface area contributed by atoms with Gasteiger partial charge in [-0.2, -0.15) is 0 Å². The summed E-state index contributed by atoms with van der Waals surface area (Å²) in [5.74, 6) is 1.24. The Kier molecular flexibility index (Phi) is 6.62. The molecule has 0 fully saturated rings. The van der Waals surface area contributed by atoms with Crippen LogP contribution in [0.3, 0.4) is 0 Å². The quantitative estimate of drug-likeness (QED) is 0.576. The van der Waals surface area contributed by atoms with Gasteiger partial charge in [0.15, 0.2) is 0 Å². The van der Waals surface area contributed by atoms with E-state index in [1.807, 2.05) is 13.0 Å². The highest BCUT2D eigenvalue weighted by atomic mass is 35.5. The maximum absolute atomic E-state index is 6.37. The Hall–Kier alpha value is -0.110. The smallest absolute Gasteiger partial charge is 0.139 e. The Bertz CT molecular complexity index is 391. The third kappa shape index (κ3) is 4.53. The van der Waals surface area contributed by atoms with Crippen LogP contribution in [0.5, 0.6) is 5.75 Å². The molecule has 1 nitrogen and oxygen atoms in total. The second kappa shape index (κ2) is 7.47. The molecule has 0 saturated carbocycles. The monoisotopic (exact) mass is 308 g/mol. The fourth-order valence-electron chi connectivity index (χ4n) is 1.69. The highest BCUT2D eigenvalue weighted by Gasteiger charge is 2.15. The minimum atomic E-state index is -0.104. The third-order valence-electron chi connectivity index (χ3n) is 2.69. The van der Waals surface area contributed by atoms with Gasteiger partial charge in [-0.05, 0) is 37.3 Å². The Balaban J connectivity index is 2.86. The van der Waals surface area contributed by atoms with Crippen molar-refractivity contribution in [2.24, 2.45) is 5.92 Å². The van der Waals surface area contributed by atoms with E-state index in [2.05, 4.69) is 13.8 Å². The Morgan fingerprint density at radius 2 is 1.78 bits per heavy atom. The molecule has 0 N–H and O–H groups in total. The summed E-state index contributed by atoms with van der Waals surface area (Å²) in [6.45, 7) is 6.82. The van der Waals surface area contributed by atoms with Gasteiger partial charge in [-0.25, -0.2) is 0 Å². The van der Waals surface area contributed by atoms with Crippen molar-refractivity contribution in [2.45, 2.75) is 39.0 Å². The van der Waals surface area contributed by atoms with Crippen LogP contribution < -0.4 is 4.74 Å².